The summed E-state index contributed by atoms with van der Waals surface area (Å²) in [5.74, 6) is 0.672. The number of nitro groups is 1. The molecule has 138 valence electrons. The summed E-state index contributed by atoms with van der Waals surface area (Å²) in [7, 11) is 0. The number of ether oxygens (including phenoxy) is 1. The van der Waals surface area contributed by atoms with Gasteiger partial charge in [-0.1, -0.05) is 54.1 Å². The van der Waals surface area contributed by atoms with Crippen LogP contribution in [0.15, 0.2) is 72.8 Å². The molecule has 0 spiro atoms. The molecular weight excluding hydrogens is 376 g/mol. The molecule has 0 N–H and O–H groups in total. The number of non-ortho nitro benzene ring substituents is 1. The first kappa shape index (κ1) is 19.2. The normalized spacial score (nSPS) is 10.9. The standard InChI is InChI=1S/C22H15ClN2O3/c23-22-7-2-1-4-18(22)15-28-21-10-8-16(9-11-21)12-19(14-24)17-5-3-6-20(13-17)25(26)27/h1-13H,15H2. The van der Waals surface area contributed by atoms with Crippen molar-refractivity contribution in [2.75, 3.05) is 0 Å². The third-order valence-electron chi connectivity index (χ3n) is 4.03. The minimum absolute atomic E-state index is 0.0537. The first-order valence-corrected chi connectivity index (χ1v) is 8.77. The fourth-order valence-electron chi connectivity index (χ4n) is 2.57. The predicted octanol–water partition coefficient (Wildman–Crippen LogP) is 5.89. The van der Waals surface area contributed by atoms with Crippen LogP contribution in [0.25, 0.3) is 11.6 Å². The minimum atomic E-state index is -0.483. The first-order valence-electron chi connectivity index (χ1n) is 8.40. The van der Waals surface area contributed by atoms with Gasteiger partial charge in [0, 0.05) is 22.7 Å². The third-order valence-corrected chi connectivity index (χ3v) is 4.40. The average Bonchev–Trinajstić information content (AvgIpc) is 2.72. The molecule has 0 aliphatic heterocycles. The van der Waals surface area contributed by atoms with Gasteiger partial charge in [0.25, 0.3) is 5.69 Å². The first-order chi connectivity index (χ1) is 13.6. The van der Waals surface area contributed by atoms with Crippen LogP contribution in [0, 0.1) is 21.4 Å². The number of allylic oxidation sites excluding steroid dienone is 1. The lowest BCUT2D eigenvalue weighted by molar-refractivity contribution is -0.384. The van der Waals surface area contributed by atoms with E-state index < -0.39 is 4.92 Å². The molecule has 0 bridgehead atoms. The lowest BCUT2D eigenvalue weighted by Crippen LogP contribution is -1.96. The lowest BCUT2D eigenvalue weighted by atomic mass is 10.0. The highest BCUT2D eigenvalue weighted by Gasteiger charge is 2.09. The van der Waals surface area contributed by atoms with Crippen LogP contribution < -0.4 is 4.74 Å². The Bertz CT molecular complexity index is 1070. The van der Waals surface area contributed by atoms with Gasteiger partial charge >= 0.3 is 0 Å². The van der Waals surface area contributed by atoms with E-state index in [4.69, 9.17) is 16.3 Å². The van der Waals surface area contributed by atoms with Crippen molar-refractivity contribution in [3.8, 4) is 11.8 Å². The van der Waals surface area contributed by atoms with Gasteiger partial charge in [-0.05, 0) is 35.4 Å². The smallest absolute Gasteiger partial charge is 0.270 e. The Kier molecular flexibility index (Phi) is 6.05. The Labute approximate surface area is 167 Å². The number of nitrogens with zero attached hydrogens (tertiary/aromatic N) is 2. The molecule has 3 aromatic carbocycles. The Morgan fingerprint density at radius 3 is 2.54 bits per heavy atom. The van der Waals surface area contributed by atoms with Crippen molar-refractivity contribution in [1.29, 1.82) is 5.26 Å². The lowest BCUT2D eigenvalue weighted by Gasteiger charge is -2.08. The number of hydrogen-bond donors (Lipinski definition) is 0. The van der Waals surface area contributed by atoms with Crippen LogP contribution in [0.2, 0.25) is 5.02 Å². The predicted molar refractivity (Wildman–Crippen MR) is 109 cm³/mol. The summed E-state index contributed by atoms with van der Waals surface area (Å²) in [5, 5.41) is 21.0. The Hall–Kier alpha value is -3.62. The number of nitriles is 1. The van der Waals surface area contributed by atoms with Gasteiger partial charge in [-0.15, -0.1) is 0 Å². The zero-order chi connectivity index (χ0) is 19.9. The molecular formula is C22H15ClN2O3. The summed E-state index contributed by atoms with van der Waals surface area (Å²) in [6, 6.07) is 22.8. The van der Waals surface area contributed by atoms with Crippen LogP contribution >= 0.6 is 11.6 Å². The molecule has 0 unspecified atom stereocenters. The monoisotopic (exact) mass is 390 g/mol. The minimum Gasteiger partial charge on any atom is -0.489 e. The van der Waals surface area contributed by atoms with Crippen LogP contribution in [0.3, 0.4) is 0 Å². The molecule has 5 nitrogen and oxygen atoms in total. The van der Waals surface area contributed by atoms with Crippen LogP contribution in [0.1, 0.15) is 16.7 Å². The van der Waals surface area contributed by atoms with Crippen molar-refractivity contribution < 1.29 is 9.66 Å². The van der Waals surface area contributed by atoms with E-state index in [1.54, 1.807) is 30.3 Å². The van der Waals surface area contributed by atoms with Crippen molar-refractivity contribution in [3.05, 3.63) is 105 Å². The molecule has 28 heavy (non-hydrogen) atoms. The quantitative estimate of drug-likeness (QED) is 0.227. The van der Waals surface area contributed by atoms with Crippen molar-refractivity contribution in [2.45, 2.75) is 6.61 Å². The number of nitro benzene ring substituents is 1. The van der Waals surface area contributed by atoms with Gasteiger partial charge < -0.3 is 4.74 Å². The molecule has 6 heteroatoms. The zero-order valence-corrected chi connectivity index (χ0v) is 15.5. The zero-order valence-electron chi connectivity index (χ0n) is 14.7. The van der Waals surface area contributed by atoms with Gasteiger partial charge in [0.2, 0.25) is 0 Å². The molecule has 0 aromatic heterocycles. The fraction of sp³-hybridized carbons (Fsp3) is 0.0455. The highest BCUT2D eigenvalue weighted by Crippen LogP contribution is 2.24. The van der Waals surface area contributed by atoms with Crippen molar-refractivity contribution in [2.24, 2.45) is 0 Å². The maximum Gasteiger partial charge on any atom is 0.270 e. The molecule has 0 fully saturated rings. The number of rotatable bonds is 6. The summed E-state index contributed by atoms with van der Waals surface area (Å²) >= 11 is 6.12. The van der Waals surface area contributed by atoms with Crippen LogP contribution in [0.4, 0.5) is 5.69 Å². The van der Waals surface area contributed by atoms with E-state index in [0.29, 0.717) is 28.5 Å². The molecule has 0 aliphatic carbocycles. The summed E-state index contributed by atoms with van der Waals surface area (Å²) in [5.41, 5.74) is 2.46. The average molecular weight is 391 g/mol. The molecule has 0 atom stereocenters. The van der Waals surface area contributed by atoms with Gasteiger partial charge in [-0.2, -0.15) is 5.26 Å². The third kappa shape index (κ3) is 4.76. The summed E-state index contributed by atoms with van der Waals surface area (Å²) in [6.45, 7) is 0.353. The molecule has 0 radical (unpaired) electrons. The fourth-order valence-corrected chi connectivity index (χ4v) is 2.76. The Morgan fingerprint density at radius 1 is 1.11 bits per heavy atom. The number of benzene rings is 3. The van der Waals surface area contributed by atoms with E-state index in [9.17, 15) is 15.4 Å². The number of hydrogen-bond acceptors (Lipinski definition) is 4. The SMILES string of the molecule is N#CC(=Cc1ccc(OCc2ccccc2Cl)cc1)c1cccc([N+](=O)[O-])c1. The summed E-state index contributed by atoms with van der Waals surface area (Å²) in [6.07, 6.45) is 1.68. The van der Waals surface area contributed by atoms with E-state index >= 15 is 0 Å². The topological polar surface area (TPSA) is 76.2 Å². The van der Waals surface area contributed by atoms with Crippen molar-refractivity contribution in [3.63, 3.8) is 0 Å². The highest BCUT2D eigenvalue weighted by molar-refractivity contribution is 6.31. The van der Waals surface area contributed by atoms with E-state index in [1.807, 2.05) is 36.4 Å². The second-order valence-corrected chi connectivity index (χ2v) is 6.33. The van der Waals surface area contributed by atoms with Crippen LogP contribution in [0.5, 0.6) is 5.75 Å². The molecule has 0 heterocycles. The molecule has 0 amide bonds. The number of halogens is 1. The largest absolute Gasteiger partial charge is 0.489 e. The summed E-state index contributed by atoms with van der Waals surface area (Å²) < 4.78 is 5.74. The van der Waals surface area contributed by atoms with Gasteiger partial charge in [-0.3, -0.25) is 10.1 Å². The maximum absolute atomic E-state index is 10.9. The van der Waals surface area contributed by atoms with Crippen LogP contribution in [-0.4, -0.2) is 4.92 Å². The maximum atomic E-state index is 10.9. The van der Waals surface area contributed by atoms with Gasteiger partial charge in [0.15, 0.2) is 0 Å². The molecule has 0 saturated carbocycles. The van der Waals surface area contributed by atoms with E-state index in [2.05, 4.69) is 6.07 Å². The molecule has 3 rings (SSSR count). The van der Waals surface area contributed by atoms with Gasteiger partial charge in [-0.25, -0.2) is 0 Å². The van der Waals surface area contributed by atoms with E-state index in [-0.39, 0.29) is 5.69 Å². The van der Waals surface area contributed by atoms with Gasteiger partial charge in [0.05, 0.1) is 16.6 Å². The van der Waals surface area contributed by atoms with Crippen molar-refractivity contribution >= 4 is 28.9 Å². The molecule has 0 aliphatic rings. The Morgan fingerprint density at radius 2 is 1.86 bits per heavy atom. The second kappa shape index (κ2) is 8.85. The van der Waals surface area contributed by atoms with E-state index in [0.717, 1.165) is 11.1 Å². The Balaban J connectivity index is 1.75. The van der Waals surface area contributed by atoms with E-state index in [1.165, 1.54) is 12.1 Å². The van der Waals surface area contributed by atoms with Crippen LogP contribution in [-0.2, 0) is 6.61 Å². The molecule has 0 saturated heterocycles. The summed E-state index contributed by atoms with van der Waals surface area (Å²) in [4.78, 5) is 10.4. The highest BCUT2D eigenvalue weighted by atomic mass is 35.5. The van der Waals surface area contributed by atoms with Gasteiger partial charge in [0.1, 0.15) is 12.4 Å². The second-order valence-electron chi connectivity index (χ2n) is 5.93. The van der Waals surface area contributed by atoms with Crippen molar-refractivity contribution in [1.82, 2.24) is 0 Å². The molecule has 3 aromatic rings.